The Hall–Kier alpha value is -5.66. The minimum atomic E-state index is -1.10. The van der Waals surface area contributed by atoms with E-state index in [-0.39, 0.29) is 58.8 Å². The van der Waals surface area contributed by atoms with Gasteiger partial charge in [-0.25, -0.2) is 19.2 Å². The SMILES string of the molecule is [C-]#[N+]c1ccc(OC2CCC(NC(=O)c3cnc(N4CC5(CCN(C6CCN(c7cc8c(cc7F)C(=O)N(C7CCC(=O)NC7=O)C8=O)CC6)C5)C4)cn3)CC2)cc1Cl. The van der Waals surface area contributed by atoms with E-state index >= 15 is 4.39 Å². The van der Waals surface area contributed by atoms with E-state index in [0.29, 0.717) is 35.6 Å². The van der Waals surface area contributed by atoms with Crippen LogP contribution in [-0.2, 0) is 9.59 Å². The monoisotopic (exact) mass is 823 g/mol. The number of hydrogen-bond donors (Lipinski definition) is 2. The molecule has 59 heavy (non-hydrogen) atoms. The fourth-order valence-electron chi connectivity index (χ4n) is 9.69. The van der Waals surface area contributed by atoms with E-state index in [9.17, 15) is 24.0 Å². The van der Waals surface area contributed by atoms with Gasteiger partial charge in [-0.1, -0.05) is 17.7 Å². The number of imide groups is 2. The maximum Gasteiger partial charge on any atom is 0.271 e. The summed E-state index contributed by atoms with van der Waals surface area (Å²) in [7, 11) is 0. The molecule has 15 nitrogen and oxygen atoms in total. The van der Waals surface area contributed by atoms with Crippen LogP contribution in [0.25, 0.3) is 4.85 Å². The van der Waals surface area contributed by atoms with Gasteiger partial charge in [0.15, 0.2) is 0 Å². The van der Waals surface area contributed by atoms with E-state index < -0.39 is 35.5 Å². The zero-order valence-corrected chi connectivity index (χ0v) is 33.0. The van der Waals surface area contributed by atoms with Gasteiger partial charge in [0.1, 0.15) is 29.1 Å². The standard InChI is InChI=1S/C42H43ClFN9O6/c1-45-32-7-6-27(16-30(32)43)59-26-4-2-24(3-5-26)48-38(55)33-19-47-36(20-46-33)52-22-42(23-52)12-15-51(21-42)25-10-13-50(14-11-25)35-18-29-28(17-31(35)44)40(57)53(41(29)58)34-8-9-37(54)49-39(34)56/h6-7,16-20,24-26,34H,2-5,8-15,21-23H2,(H,48,55)(H,49,54,56). The lowest BCUT2D eigenvalue weighted by Gasteiger charge is -2.49. The molecule has 6 heterocycles. The van der Waals surface area contributed by atoms with Gasteiger partial charge >= 0.3 is 0 Å². The van der Waals surface area contributed by atoms with E-state index in [4.69, 9.17) is 22.9 Å². The zero-order chi connectivity index (χ0) is 41.0. The molecule has 2 aromatic carbocycles. The molecular formula is C42H43ClFN9O6. The van der Waals surface area contributed by atoms with Crippen molar-refractivity contribution in [2.45, 2.75) is 82.0 Å². The third-order valence-electron chi connectivity index (χ3n) is 12.9. The van der Waals surface area contributed by atoms with Crippen LogP contribution < -0.4 is 25.2 Å². The number of aromatic nitrogens is 2. The molecule has 5 aliphatic heterocycles. The van der Waals surface area contributed by atoms with Crippen LogP contribution in [0, 0.1) is 17.8 Å². The molecule has 1 spiro atoms. The summed E-state index contributed by atoms with van der Waals surface area (Å²) < 4.78 is 21.6. The smallest absolute Gasteiger partial charge is 0.271 e. The van der Waals surface area contributed by atoms with Gasteiger partial charge in [-0.3, -0.25) is 39.1 Å². The molecule has 1 saturated carbocycles. The van der Waals surface area contributed by atoms with Gasteiger partial charge in [0.2, 0.25) is 17.5 Å². The van der Waals surface area contributed by atoms with Crippen molar-refractivity contribution >= 4 is 58.3 Å². The molecule has 1 aliphatic carbocycles. The first-order valence-corrected chi connectivity index (χ1v) is 20.6. The van der Waals surface area contributed by atoms with Crippen LogP contribution in [0.15, 0.2) is 42.7 Å². The number of fused-ring (bicyclic) bond motifs is 1. The summed E-state index contributed by atoms with van der Waals surface area (Å²) in [4.78, 5) is 83.5. The number of carbonyl (C=O) groups is 5. The summed E-state index contributed by atoms with van der Waals surface area (Å²) in [5.74, 6) is -1.97. The van der Waals surface area contributed by atoms with E-state index in [1.807, 2.05) is 4.90 Å². The Morgan fingerprint density at radius 3 is 2.34 bits per heavy atom. The molecule has 4 saturated heterocycles. The van der Waals surface area contributed by atoms with Crippen LogP contribution in [0.3, 0.4) is 0 Å². The van der Waals surface area contributed by atoms with Gasteiger partial charge in [-0.05, 0) is 82.2 Å². The number of nitrogens with one attached hydrogen (secondary N) is 2. The van der Waals surface area contributed by atoms with Crippen LogP contribution in [-0.4, -0.2) is 113 Å². The molecule has 6 aliphatic rings. The summed E-state index contributed by atoms with van der Waals surface area (Å²) in [6.07, 6.45) is 9.10. The van der Waals surface area contributed by atoms with E-state index in [1.54, 1.807) is 30.6 Å². The number of hydrogen-bond acceptors (Lipinski definition) is 11. The highest BCUT2D eigenvalue weighted by Crippen LogP contribution is 2.43. The first-order chi connectivity index (χ1) is 28.5. The molecule has 306 valence electrons. The van der Waals surface area contributed by atoms with Crippen molar-refractivity contribution in [2.24, 2.45) is 5.41 Å². The Balaban J connectivity index is 0.725. The van der Waals surface area contributed by atoms with Crippen molar-refractivity contribution in [3.05, 3.63) is 81.8 Å². The number of likely N-dealkylation sites (tertiary alicyclic amines) is 1. The minimum absolute atomic E-state index is 0.0111. The minimum Gasteiger partial charge on any atom is -0.490 e. The Morgan fingerprint density at radius 2 is 1.66 bits per heavy atom. The average Bonchev–Trinajstić information content (AvgIpc) is 3.77. The van der Waals surface area contributed by atoms with Gasteiger partial charge < -0.3 is 19.9 Å². The highest BCUT2D eigenvalue weighted by atomic mass is 35.5. The number of ether oxygens (including phenoxy) is 1. The molecular weight excluding hydrogens is 781 g/mol. The Kier molecular flexibility index (Phi) is 10.2. The third-order valence-corrected chi connectivity index (χ3v) is 13.2. The Morgan fingerprint density at radius 1 is 0.915 bits per heavy atom. The summed E-state index contributed by atoms with van der Waals surface area (Å²) in [6.45, 7) is 12.0. The molecule has 0 bridgehead atoms. The van der Waals surface area contributed by atoms with Gasteiger partial charge in [0, 0.05) is 56.6 Å². The lowest BCUT2D eigenvalue weighted by Crippen LogP contribution is -2.58. The number of anilines is 2. The van der Waals surface area contributed by atoms with E-state index in [1.165, 1.54) is 6.07 Å². The molecule has 2 N–H and O–H groups in total. The van der Waals surface area contributed by atoms with Gasteiger partial charge in [-0.15, -0.1) is 0 Å². The second kappa shape index (κ2) is 15.5. The van der Waals surface area contributed by atoms with Crippen LogP contribution >= 0.6 is 11.6 Å². The van der Waals surface area contributed by atoms with E-state index in [2.05, 4.69) is 35.2 Å². The lowest BCUT2D eigenvalue weighted by molar-refractivity contribution is -0.136. The second-order valence-electron chi connectivity index (χ2n) is 16.6. The summed E-state index contributed by atoms with van der Waals surface area (Å²) in [5, 5.41) is 5.65. The Bertz CT molecular complexity index is 2260. The lowest BCUT2D eigenvalue weighted by atomic mass is 9.79. The van der Waals surface area contributed by atoms with Crippen molar-refractivity contribution in [3.8, 4) is 5.75 Å². The Labute approximate surface area is 345 Å². The first-order valence-electron chi connectivity index (χ1n) is 20.2. The van der Waals surface area contributed by atoms with Gasteiger partial charge in [0.25, 0.3) is 17.7 Å². The molecule has 0 radical (unpaired) electrons. The quantitative estimate of drug-likeness (QED) is 0.243. The fraction of sp³-hybridized carbons (Fsp3) is 0.476. The van der Waals surface area contributed by atoms with E-state index in [0.717, 1.165) is 87.9 Å². The predicted octanol–water partition coefficient (Wildman–Crippen LogP) is 4.52. The topological polar surface area (TPSA) is 162 Å². The molecule has 1 unspecified atom stereocenters. The normalized spacial score (nSPS) is 24.5. The summed E-state index contributed by atoms with van der Waals surface area (Å²) in [6, 6.07) is 6.88. The average molecular weight is 824 g/mol. The van der Waals surface area contributed by atoms with Crippen molar-refractivity contribution in [1.82, 2.24) is 30.4 Å². The van der Waals surface area contributed by atoms with Crippen LogP contribution in [0.2, 0.25) is 5.02 Å². The third kappa shape index (κ3) is 7.46. The fourth-order valence-corrected chi connectivity index (χ4v) is 9.90. The highest BCUT2D eigenvalue weighted by molar-refractivity contribution is 6.33. The number of rotatable bonds is 8. The molecule has 5 amide bonds. The number of piperidine rings is 2. The van der Waals surface area contributed by atoms with Crippen molar-refractivity contribution in [2.75, 3.05) is 49.1 Å². The van der Waals surface area contributed by atoms with Gasteiger partial charge in [0.05, 0.1) is 46.9 Å². The van der Waals surface area contributed by atoms with Crippen LogP contribution in [0.4, 0.5) is 21.6 Å². The number of amides is 5. The summed E-state index contributed by atoms with van der Waals surface area (Å²) in [5.41, 5.74) is 1.11. The molecule has 1 aromatic heterocycles. The second-order valence-corrected chi connectivity index (χ2v) is 17.0. The summed E-state index contributed by atoms with van der Waals surface area (Å²) >= 11 is 6.15. The largest absolute Gasteiger partial charge is 0.490 e. The molecule has 5 fully saturated rings. The molecule has 1 atom stereocenters. The van der Waals surface area contributed by atoms with Crippen LogP contribution in [0.5, 0.6) is 5.75 Å². The number of halogens is 2. The number of nitrogens with zero attached hydrogens (tertiary/aromatic N) is 7. The zero-order valence-electron chi connectivity index (χ0n) is 32.3. The van der Waals surface area contributed by atoms with Gasteiger partial charge in [-0.2, -0.15) is 0 Å². The maximum atomic E-state index is 15.5. The first kappa shape index (κ1) is 38.8. The molecule has 17 heteroatoms. The number of benzene rings is 2. The number of carbonyl (C=O) groups excluding carboxylic acids is 5. The predicted molar refractivity (Wildman–Crippen MR) is 213 cm³/mol. The maximum absolute atomic E-state index is 15.5. The highest BCUT2D eigenvalue weighted by Gasteiger charge is 2.50. The van der Waals surface area contributed by atoms with Crippen molar-refractivity contribution in [1.29, 1.82) is 0 Å². The van der Waals surface area contributed by atoms with Crippen molar-refractivity contribution < 1.29 is 33.1 Å². The van der Waals surface area contributed by atoms with Crippen molar-refractivity contribution in [3.63, 3.8) is 0 Å². The van der Waals surface area contributed by atoms with Crippen LogP contribution in [0.1, 0.15) is 89.0 Å². The molecule has 9 rings (SSSR count). The molecule has 3 aromatic rings.